The summed E-state index contributed by atoms with van der Waals surface area (Å²) in [6, 6.07) is 5.68. The Morgan fingerprint density at radius 2 is 2.11 bits per heavy atom. The molecule has 0 aliphatic carbocycles. The van der Waals surface area contributed by atoms with E-state index in [4.69, 9.17) is 16.0 Å². The number of hydrogen-bond acceptors (Lipinski definition) is 7. The fourth-order valence-electron chi connectivity index (χ4n) is 2.92. The SMILES string of the molecule is CC1(O)NN(c2ccc(F)c(Cl)c2)Cc2ncc(-c3nnc(C(F)F)o3)cc21. The fourth-order valence-corrected chi connectivity index (χ4v) is 3.09. The van der Waals surface area contributed by atoms with Crippen LogP contribution in [-0.4, -0.2) is 20.3 Å². The number of alkyl halides is 2. The highest BCUT2D eigenvalue weighted by atomic mass is 35.5. The molecule has 11 heteroatoms. The first kappa shape index (κ1) is 18.7. The predicted octanol–water partition coefficient (Wildman–Crippen LogP) is 3.55. The summed E-state index contributed by atoms with van der Waals surface area (Å²) in [5.74, 6) is -1.48. The average molecular weight is 412 g/mol. The van der Waals surface area contributed by atoms with Crippen LogP contribution in [0, 0.1) is 5.82 Å². The van der Waals surface area contributed by atoms with Gasteiger partial charge >= 0.3 is 6.43 Å². The Labute approximate surface area is 161 Å². The lowest BCUT2D eigenvalue weighted by molar-refractivity contribution is 0.00769. The van der Waals surface area contributed by atoms with Crippen molar-refractivity contribution in [3.8, 4) is 11.5 Å². The molecule has 0 bridgehead atoms. The van der Waals surface area contributed by atoms with Crippen LogP contribution in [0.4, 0.5) is 18.9 Å². The second kappa shape index (κ2) is 6.73. The van der Waals surface area contributed by atoms with Gasteiger partial charge in [-0.3, -0.25) is 9.99 Å². The topological polar surface area (TPSA) is 87.3 Å². The number of anilines is 1. The van der Waals surface area contributed by atoms with Crippen LogP contribution < -0.4 is 10.4 Å². The molecule has 0 fully saturated rings. The maximum absolute atomic E-state index is 13.4. The molecule has 0 saturated carbocycles. The van der Waals surface area contributed by atoms with Crippen LogP contribution in [0.2, 0.25) is 5.02 Å². The Kier molecular flexibility index (Phi) is 4.48. The van der Waals surface area contributed by atoms with Crippen molar-refractivity contribution >= 4 is 17.3 Å². The van der Waals surface area contributed by atoms with Crippen LogP contribution >= 0.6 is 11.6 Å². The Morgan fingerprint density at radius 1 is 1.32 bits per heavy atom. The first-order chi connectivity index (χ1) is 13.2. The molecule has 146 valence electrons. The molecule has 2 N–H and O–H groups in total. The summed E-state index contributed by atoms with van der Waals surface area (Å²) in [6.07, 6.45) is -1.49. The van der Waals surface area contributed by atoms with Crippen molar-refractivity contribution in [3.05, 3.63) is 58.5 Å². The molecule has 4 rings (SSSR count). The first-order valence-corrected chi connectivity index (χ1v) is 8.46. The van der Waals surface area contributed by atoms with Crippen LogP contribution in [0.25, 0.3) is 11.5 Å². The van der Waals surface area contributed by atoms with Crippen molar-refractivity contribution in [2.45, 2.75) is 25.6 Å². The van der Waals surface area contributed by atoms with E-state index in [9.17, 15) is 18.3 Å². The smallest absolute Gasteiger partial charge is 0.314 e. The van der Waals surface area contributed by atoms with E-state index in [-0.39, 0.29) is 17.5 Å². The number of nitrogens with zero attached hydrogens (tertiary/aromatic N) is 4. The third kappa shape index (κ3) is 3.30. The number of hydrazine groups is 1. The average Bonchev–Trinajstić information content (AvgIpc) is 3.14. The molecule has 7 nitrogen and oxygen atoms in total. The maximum atomic E-state index is 13.4. The number of hydrogen-bond donors (Lipinski definition) is 2. The summed E-state index contributed by atoms with van der Waals surface area (Å²) in [5, 5.41) is 19.2. The van der Waals surface area contributed by atoms with Crippen molar-refractivity contribution in [2.24, 2.45) is 0 Å². The van der Waals surface area contributed by atoms with Crippen LogP contribution in [-0.2, 0) is 12.3 Å². The maximum Gasteiger partial charge on any atom is 0.314 e. The van der Waals surface area contributed by atoms with E-state index in [1.807, 2.05) is 0 Å². The second-order valence-electron chi connectivity index (χ2n) is 6.33. The van der Waals surface area contributed by atoms with Gasteiger partial charge in [-0.15, -0.1) is 10.2 Å². The van der Waals surface area contributed by atoms with Gasteiger partial charge in [-0.1, -0.05) is 11.6 Å². The summed E-state index contributed by atoms with van der Waals surface area (Å²) in [7, 11) is 0. The molecular formula is C17H13ClF3N5O2. The van der Waals surface area contributed by atoms with Gasteiger partial charge in [0.25, 0.3) is 5.89 Å². The molecular weight excluding hydrogens is 399 g/mol. The first-order valence-electron chi connectivity index (χ1n) is 8.09. The Hall–Kier alpha value is -2.69. The van der Waals surface area contributed by atoms with Gasteiger partial charge in [0.1, 0.15) is 5.82 Å². The van der Waals surface area contributed by atoms with Gasteiger partial charge in [0.05, 0.1) is 28.5 Å². The quantitative estimate of drug-likeness (QED) is 0.681. The van der Waals surface area contributed by atoms with Gasteiger partial charge in [-0.2, -0.15) is 14.2 Å². The number of halogens is 4. The van der Waals surface area contributed by atoms with Crippen molar-refractivity contribution < 1.29 is 22.7 Å². The van der Waals surface area contributed by atoms with Gasteiger partial charge < -0.3 is 9.52 Å². The monoisotopic (exact) mass is 411 g/mol. The molecule has 0 amide bonds. The van der Waals surface area contributed by atoms with Crippen molar-refractivity contribution in [1.29, 1.82) is 0 Å². The van der Waals surface area contributed by atoms with Crippen molar-refractivity contribution in [2.75, 3.05) is 5.01 Å². The molecule has 2 aromatic heterocycles. The molecule has 28 heavy (non-hydrogen) atoms. The molecule has 1 aliphatic heterocycles. The Morgan fingerprint density at radius 3 is 2.79 bits per heavy atom. The van der Waals surface area contributed by atoms with Gasteiger partial charge in [0.15, 0.2) is 5.72 Å². The largest absolute Gasteiger partial charge is 0.415 e. The van der Waals surface area contributed by atoms with Crippen LogP contribution in [0.5, 0.6) is 0 Å². The van der Waals surface area contributed by atoms with Crippen LogP contribution in [0.3, 0.4) is 0 Å². The third-order valence-electron chi connectivity index (χ3n) is 4.24. The summed E-state index contributed by atoms with van der Waals surface area (Å²) in [5.41, 5.74) is 3.07. The van der Waals surface area contributed by atoms with Gasteiger partial charge in [-0.05, 0) is 31.2 Å². The van der Waals surface area contributed by atoms with E-state index in [2.05, 4.69) is 20.6 Å². The number of pyridine rings is 1. The van der Waals surface area contributed by atoms with Crippen molar-refractivity contribution in [1.82, 2.24) is 20.6 Å². The summed E-state index contributed by atoms with van der Waals surface area (Å²) < 4.78 is 43.6. The predicted molar refractivity (Wildman–Crippen MR) is 92.8 cm³/mol. The molecule has 1 unspecified atom stereocenters. The summed E-state index contributed by atoms with van der Waals surface area (Å²) in [6.45, 7) is 1.73. The summed E-state index contributed by atoms with van der Waals surface area (Å²) >= 11 is 5.83. The molecule has 1 atom stereocenters. The molecule has 1 aliphatic rings. The van der Waals surface area contributed by atoms with E-state index in [0.717, 1.165) is 0 Å². The number of rotatable bonds is 3. The fraction of sp³-hybridized carbons (Fsp3) is 0.235. The molecule has 0 radical (unpaired) electrons. The molecule has 3 heterocycles. The minimum atomic E-state index is -2.88. The van der Waals surface area contributed by atoms with Crippen LogP contribution in [0.15, 0.2) is 34.9 Å². The van der Waals surface area contributed by atoms with E-state index < -0.39 is 23.9 Å². The zero-order chi connectivity index (χ0) is 20.1. The van der Waals surface area contributed by atoms with Gasteiger partial charge in [-0.25, -0.2) is 4.39 Å². The number of aromatic nitrogens is 3. The van der Waals surface area contributed by atoms with Crippen LogP contribution in [0.1, 0.15) is 30.5 Å². The number of fused-ring (bicyclic) bond motifs is 1. The molecule has 3 aromatic rings. The van der Waals surface area contributed by atoms with Gasteiger partial charge in [0.2, 0.25) is 5.89 Å². The van der Waals surface area contributed by atoms with Crippen molar-refractivity contribution in [3.63, 3.8) is 0 Å². The number of aliphatic hydroxyl groups is 1. The molecule has 0 saturated heterocycles. The third-order valence-corrected chi connectivity index (χ3v) is 4.53. The lowest BCUT2D eigenvalue weighted by Crippen LogP contribution is -2.55. The van der Waals surface area contributed by atoms with E-state index in [0.29, 0.717) is 22.5 Å². The summed E-state index contributed by atoms with van der Waals surface area (Å²) in [4.78, 5) is 4.30. The minimum absolute atomic E-state index is 0.0562. The molecule has 0 spiro atoms. The second-order valence-corrected chi connectivity index (χ2v) is 6.74. The normalized spacial score (nSPS) is 19.2. The zero-order valence-electron chi connectivity index (χ0n) is 14.3. The standard InChI is InChI=1S/C17H13ClF3N5O2/c1-17(27)10-4-8(15-23-24-16(28-15)14(20)21)6-22-13(10)7-26(25-17)9-2-3-12(19)11(18)5-9/h2-6,14,25,27H,7H2,1H3. The lowest BCUT2D eigenvalue weighted by atomic mass is 9.98. The molecule has 1 aromatic carbocycles. The highest BCUT2D eigenvalue weighted by Gasteiger charge is 2.35. The highest BCUT2D eigenvalue weighted by molar-refractivity contribution is 6.31. The number of nitrogens with one attached hydrogen (secondary N) is 1. The number of benzene rings is 1. The van der Waals surface area contributed by atoms with E-state index >= 15 is 0 Å². The lowest BCUT2D eigenvalue weighted by Gasteiger charge is -2.40. The van der Waals surface area contributed by atoms with E-state index in [1.54, 1.807) is 5.01 Å². The Bertz CT molecular complexity index is 1040. The zero-order valence-corrected chi connectivity index (χ0v) is 15.1. The highest BCUT2D eigenvalue weighted by Crippen LogP contribution is 2.33. The minimum Gasteiger partial charge on any atom is -0.415 e. The van der Waals surface area contributed by atoms with Gasteiger partial charge in [0, 0.05) is 11.8 Å². The Balaban J connectivity index is 1.68. The van der Waals surface area contributed by atoms with E-state index in [1.165, 1.54) is 37.4 Å².